The average molecular weight is 239 g/mol. The number of thioether (sulfide) groups is 1. The first-order valence-corrected chi connectivity index (χ1v) is 5.91. The molecule has 6 nitrogen and oxygen atoms in total. The monoisotopic (exact) mass is 239 g/mol. The molecule has 0 bridgehead atoms. The van der Waals surface area contributed by atoms with Gasteiger partial charge in [0.05, 0.1) is 7.11 Å². The summed E-state index contributed by atoms with van der Waals surface area (Å²) in [5.74, 6) is 1.32. The Morgan fingerprint density at radius 3 is 2.62 bits per heavy atom. The first-order valence-electron chi connectivity index (χ1n) is 4.68. The lowest BCUT2D eigenvalue weighted by molar-refractivity contribution is 0.393. The summed E-state index contributed by atoms with van der Waals surface area (Å²) in [5, 5.41) is 13.3. The molecule has 0 aliphatic carbocycles. The van der Waals surface area contributed by atoms with Crippen molar-refractivity contribution in [3.8, 4) is 17.3 Å². The molecule has 2 aromatic rings. The number of hydrogen-bond donors (Lipinski definition) is 0. The Morgan fingerprint density at radius 1 is 1.31 bits per heavy atom. The van der Waals surface area contributed by atoms with Gasteiger partial charge in [-0.25, -0.2) is 0 Å². The number of rotatable bonds is 3. The van der Waals surface area contributed by atoms with Gasteiger partial charge >= 0.3 is 0 Å². The SMILES string of the molecule is COc1nn(C)cc1-c1nnc(SC)n1C. The molecule has 0 N–H and O–H groups in total. The molecule has 0 amide bonds. The molecule has 0 saturated carbocycles. The Kier molecular flexibility index (Phi) is 2.86. The van der Waals surface area contributed by atoms with Gasteiger partial charge in [0, 0.05) is 20.3 Å². The third kappa shape index (κ3) is 1.67. The number of ether oxygens (including phenoxy) is 1. The molecule has 0 spiro atoms. The normalized spacial score (nSPS) is 10.8. The maximum absolute atomic E-state index is 5.20. The summed E-state index contributed by atoms with van der Waals surface area (Å²) >= 11 is 1.55. The summed E-state index contributed by atoms with van der Waals surface area (Å²) in [6, 6.07) is 0. The molecule has 0 fully saturated rings. The van der Waals surface area contributed by atoms with E-state index < -0.39 is 0 Å². The molecule has 0 atom stereocenters. The van der Waals surface area contributed by atoms with Gasteiger partial charge < -0.3 is 9.30 Å². The average Bonchev–Trinajstić information content (AvgIpc) is 2.81. The topological polar surface area (TPSA) is 57.8 Å². The number of aromatic nitrogens is 5. The van der Waals surface area contributed by atoms with Crippen molar-refractivity contribution in [2.75, 3.05) is 13.4 Å². The van der Waals surface area contributed by atoms with Gasteiger partial charge in [-0.15, -0.1) is 15.3 Å². The molecule has 0 saturated heterocycles. The molecule has 16 heavy (non-hydrogen) atoms. The highest BCUT2D eigenvalue weighted by Gasteiger charge is 2.17. The number of aryl methyl sites for hydroxylation is 1. The van der Waals surface area contributed by atoms with Crippen LogP contribution in [0.2, 0.25) is 0 Å². The fraction of sp³-hybridized carbons (Fsp3) is 0.444. The predicted molar refractivity (Wildman–Crippen MR) is 61.5 cm³/mol. The molecule has 0 aromatic carbocycles. The molecule has 0 aliphatic rings. The highest BCUT2D eigenvalue weighted by molar-refractivity contribution is 7.98. The van der Waals surface area contributed by atoms with Crippen molar-refractivity contribution in [2.24, 2.45) is 14.1 Å². The third-order valence-corrected chi connectivity index (χ3v) is 2.97. The zero-order valence-corrected chi connectivity index (χ0v) is 10.4. The molecule has 2 heterocycles. The van der Waals surface area contributed by atoms with Gasteiger partial charge in [0.2, 0.25) is 5.88 Å². The van der Waals surface area contributed by atoms with E-state index in [2.05, 4.69) is 15.3 Å². The van der Waals surface area contributed by atoms with Crippen LogP contribution in [0.3, 0.4) is 0 Å². The molecular formula is C9H13N5OS. The van der Waals surface area contributed by atoms with Crippen LogP contribution < -0.4 is 4.74 Å². The highest BCUT2D eigenvalue weighted by Crippen LogP contribution is 2.28. The minimum absolute atomic E-state index is 0.561. The van der Waals surface area contributed by atoms with Gasteiger partial charge in [-0.2, -0.15) is 0 Å². The van der Waals surface area contributed by atoms with E-state index in [0.29, 0.717) is 5.88 Å². The number of hydrogen-bond acceptors (Lipinski definition) is 5. The van der Waals surface area contributed by atoms with E-state index in [-0.39, 0.29) is 0 Å². The maximum Gasteiger partial charge on any atom is 0.243 e. The van der Waals surface area contributed by atoms with E-state index in [1.165, 1.54) is 0 Å². The van der Waals surface area contributed by atoms with Crippen LogP contribution in [-0.2, 0) is 14.1 Å². The molecule has 2 aromatic heterocycles. The number of methoxy groups -OCH3 is 1. The predicted octanol–water partition coefficient (Wildman–Crippen LogP) is 0.946. The Labute approximate surface area is 97.6 Å². The van der Waals surface area contributed by atoms with Crippen LogP contribution in [0.1, 0.15) is 0 Å². The second-order valence-electron chi connectivity index (χ2n) is 3.30. The molecule has 0 radical (unpaired) electrons. The quantitative estimate of drug-likeness (QED) is 0.746. The van der Waals surface area contributed by atoms with Gasteiger partial charge in [0.1, 0.15) is 5.56 Å². The fourth-order valence-electron chi connectivity index (χ4n) is 1.50. The lowest BCUT2D eigenvalue weighted by Crippen LogP contribution is -1.95. The first-order chi connectivity index (χ1) is 7.67. The van der Waals surface area contributed by atoms with Crippen LogP contribution >= 0.6 is 11.8 Å². The summed E-state index contributed by atoms with van der Waals surface area (Å²) in [6.45, 7) is 0. The summed E-state index contributed by atoms with van der Waals surface area (Å²) in [7, 11) is 5.36. The second-order valence-corrected chi connectivity index (χ2v) is 4.07. The summed E-state index contributed by atoms with van der Waals surface area (Å²) < 4.78 is 8.82. The molecule has 0 unspecified atom stereocenters. The Balaban J connectivity index is 2.53. The van der Waals surface area contributed by atoms with Crippen molar-refractivity contribution in [3.05, 3.63) is 6.20 Å². The van der Waals surface area contributed by atoms with Crippen LogP contribution in [0.25, 0.3) is 11.4 Å². The lowest BCUT2D eigenvalue weighted by atomic mass is 10.3. The van der Waals surface area contributed by atoms with Crippen molar-refractivity contribution < 1.29 is 4.74 Å². The van der Waals surface area contributed by atoms with Gasteiger partial charge in [0.15, 0.2) is 11.0 Å². The fourth-order valence-corrected chi connectivity index (χ4v) is 1.98. The van der Waals surface area contributed by atoms with Gasteiger partial charge in [-0.3, -0.25) is 4.68 Å². The first kappa shape index (κ1) is 11.0. The van der Waals surface area contributed by atoms with Crippen LogP contribution in [0.5, 0.6) is 5.88 Å². The van der Waals surface area contributed by atoms with Crippen molar-refractivity contribution in [1.82, 2.24) is 24.5 Å². The van der Waals surface area contributed by atoms with Crippen molar-refractivity contribution in [2.45, 2.75) is 5.16 Å². The van der Waals surface area contributed by atoms with Crippen LogP contribution in [0, 0.1) is 0 Å². The Bertz CT molecular complexity index is 504. The summed E-state index contributed by atoms with van der Waals surface area (Å²) in [4.78, 5) is 0. The zero-order valence-electron chi connectivity index (χ0n) is 9.63. The summed E-state index contributed by atoms with van der Waals surface area (Å²) in [6.07, 6.45) is 3.83. The molecule has 7 heteroatoms. The van der Waals surface area contributed by atoms with E-state index in [4.69, 9.17) is 4.74 Å². The van der Waals surface area contributed by atoms with E-state index in [1.54, 1.807) is 23.6 Å². The van der Waals surface area contributed by atoms with Gasteiger partial charge in [0.25, 0.3) is 0 Å². The Morgan fingerprint density at radius 2 is 2.06 bits per heavy atom. The molecule has 86 valence electrons. The van der Waals surface area contributed by atoms with E-state index >= 15 is 0 Å². The lowest BCUT2D eigenvalue weighted by Gasteiger charge is -2.01. The van der Waals surface area contributed by atoms with Crippen LogP contribution in [-0.4, -0.2) is 37.9 Å². The highest BCUT2D eigenvalue weighted by atomic mass is 32.2. The largest absolute Gasteiger partial charge is 0.479 e. The summed E-state index contributed by atoms with van der Waals surface area (Å²) in [5.41, 5.74) is 0.848. The van der Waals surface area contributed by atoms with Gasteiger partial charge in [-0.1, -0.05) is 11.8 Å². The van der Waals surface area contributed by atoms with E-state index in [9.17, 15) is 0 Å². The standard InChI is InChI=1S/C9H13N5OS/c1-13-5-6(8(12-13)15-3)7-10-11-9(16-4)14(7)2/h5H,1-4H3. The van der Waals surface area contributed by atoms with Crippen molar-refractivity contribution >= 4 is 11.8 Å². The third-order valence-electron chi connectivity index (χ3n) is 2.25. The zero-order chi connectivity index (χ0) is 11.7. The van der Waals surface area contributed by atoms with Crippen LogP contribution in [0.15, 0.2) is 11.4 Å². The van der Waals surface area contributed by atoms with Crippen LogP contribution in [0.4, 0.5) is 0 Å². The molecule has 2 rings (SSSR count). The molecule has 0 aliphatic heterocycles. The van der Waals surface area contributed by atoms with Crippen molar-refractivity contribution in [1.29, 1.82) is 0 Å². The van der Waals surface area contributed by atoms with Crippen molar-refractivity contribution in [3.63, 3.8) is 0 Å². The minimum atomic E-state index is 0.561. The van der Waals surface area contributed by atoms with E-state index in [0.717, 1.165) is 16.5 Å². The maximum atomic E-state index is 5.20. The minimum Gasteiger partial charge on any atom is -0.479 e. The smallest absolute Gasteiger partial charge is 0.243 e. The van der Waals surface area contributed by atoms with Gasteiger partial charge in [-0.05, 0) is 6.26 Å². The second kappa shape index (κ2) is 4.17. The molecular weight excluding hydrogens is 226 g/mol. The Hall–Kier alpha value is -1.50. The van der Waals surface area contributed by atoms with E-state index in [1.807, 2.05) is 31.1 Å². The number of nitrogens with zero attached hydrogens (tertiary/aromatic N) is 5.